The van der Waals surface area contributed by atoms with Crippen molar-refractivity contribution in [3.05, 3.63) is 28.5 Å². The highest BCUT2D eigenvalue weighted by Crippen LogP contribution is 2.14. The number of methoxy groups -OCH3 is 1. The van der Waals surface area contributed by atoms with Crippen LogP contribution in [0.1, 0.15) is 17.3 Å². The van der Waals surface area contributed by atoms with Crippen LogP contribution >= 0.6 is 15.9 Å². The molecule has 1 heterocycles. The number of likely N-dealkylation sites (N-methyl/N-ethyl adjacent to an activating group) is 1. The van der Waals surface area contributed by atoms with Gasteiger partial charge in [-0.25, -0.2) is 4.98 Å². The maximum absolute atomic E-state index is 12.1. The number of aromatic nitrogens is 1. The number of hydrogen-bond donors (Lipinski definition) is 0. The number of amides is 1. The fourth-order valence-electron chi connectivity index (χ4n) is 1.32. The van der Waals surface area contributed by atoms with E-state index in [0.717, 1.165) is 0 Å². The van der Waals surface area contributed by atoms with Crippen LogP contribution in [0, 0.1) is 0 Å². The fraction of sp³-hybridized carbons (Fsp3) is 0.455. The summed E-state index contributed by atoms with van der Waals surface area (Å²) in [6, 6.07) is 3.51. The molecule has 0 radical (unpaired) electrons. The Morgan fingerprint density at radius 2 is 2.38 bits per heavy atom. The summed E-state index contributed by atoms with van der Waals surface area (Å²) in [6.07, 6.45) is 1.65. The molecule has 0 aromatic carbocycles. The molecule has 1 rings (SSSR count). The van der Waals surface area contributed by atoms with Crippen LogP contribution in [-0.2, 0) is 4.74 Å². The maximum Gasteiger partial charge on any atom is 0.256 e. The molecular weight excluding hydrogens is 272 g/mol. The monoisotopic (exact) mass is 286 g/mol. The third kappa shape index (κ3) is 3.28. The molecule has 0 atom stereocenters. The summed E-state index contributed by atoms with van der Waals surface area (Å²) in [5, 5.41) is 0. The van der Waals surface area contributed by atoms with Gasteiger partial charge in [-0.3, -0.25) is 4.79 Å². The van der Waals surface area contributed by atoms with Crippen molar-refractivity contribution in [3.8, 4) is 0 Å². The molecule has 0 saturated carbocycles. The molecule has 1 amide bonds. The number of pyridine rings is 1. The lowest BCUT2D eigenvalue weighted by Gasteiger charge is -2.20. The van der Waals surface area contributed by atoms with E-state index in [9.17, 15) is 4.79 Å². The van der Waals surface area contributed by atoms with E-state index in [2.05, 4.69) is 20.9 Å². The van der Waals surface area contributed by atoms with Gasteiger partial charge in [0.05, 0.1) is 12.2 Å². The van der Waals surface area contributed by atoms with Crippen LogP contribution in [0.5, 0.6) is 0 Å². The van der Waals surface area contributed by atoms with E-state index in [1.807, 2.05) is 6.92 Å². The summed E-state index contributed by atoms with van der Waals surface area (Å²) >= 11 is 3.27. The number of carbonyl (C=O) groups excluding carboxylic acids is 1. The predicted molar refractivity (Wildman–Crippen MR) is 65.4 cm³/mol. The van der Waals surface area contributed by atoms with E-state index in [-0.39, 0.29) is 5.91 Å². The van der Waals surface area contributed by atoms with E-state index in [1.165, 1.54) is 0 Å². The zero-order valence-corrected chi connectivity index (χ0v) is 11.0. The first kappa shape index (κ1) is 13.1. The van der Waals surface area contributed by atoms with E-state index >= 15 is 0 Å². The van der Waals surface area contributed by atoms with Gasteiger partial charge in [0, 0.05) is 26.4 Å². The normalized spacial score (nSPS) is 10.2. The minimum atomic E-state index is -0.0282. The van der Waals surface area contributed by atoms with Crippen molar-refractivity contribution in [3.63, 3.8) is 0 Å². The Bertz CT molecular complexity index is 358. The van der Waals surface area contributed by atoms with E-state index in [0.29, 0.717) is 29.9 Å². The molecule has 1 aromatic rings. The van der Waals surface area contributed by atoms with Gasteiger partial charge in [-0.15, -0.1) is 0 Å². The van der Waals surface area contributed by atoms with Gasteiger partial charge in [-0.2, -0.15) is 0 Å². The Morgan fingerprint density at radius 1 is 1.62 bits per heavy atom. The van der Waals surface area contributed by atoms with Gasteiger partial charge >= 0.3 is 0 Å². The van der Waals surface area contributed by atoms with Crippen LogP contribution in [0.15, 0.2) is 22.9 Å². The summed E-state index contributed by atoms with van der Waals surface area (Å²) in [4.78, 5) is 17.9. The molecule has 0 saturated heterocycles. The summed E-state index contributed by atoms with van der Waals surface area (Å²) < 4.78 is 5.55. The third-order valence-electron chi connectivity index (χ3n) is 2.22. The van der Waals surface area contributed by atoms with Crippen LogP contribution in [-0.4, -0.2) is 42.6 Å². The standard InChI is InChI=1S/C11H15BrN2O2/c1-3-14(7-8-16-2)11(15)9-5-4-6-13-10(9)12/h4-6H,3,7-8H2,1-2H3. The quantitative estimate of drug-likeness (QED) is 0.777. The molecule has 0 aliphatic carbocycles. The predicted octanol–water partition coefficient (Wildman–Crippen LogP) is 1.95. The molecule has 0 spiro atoms. The number of hydrogen-bond acceptors (Lipinski definition) is 3. The van der Waals surface area contributed by atoms with Crippen molar-refractivity contribution in [1.82, 2.24) is 9.88 Å². The van der Waals surface area contributed by atoms with Crippen LogP contribution in [0.3, 0.4) is 0 Å². The highest BCUT2D eigenvalue weighted by atomic mass is 79.9. The zero-order chi connectivity index (χ0) is 12.0. The average Bonchev–Trinajstić information content (AvgIpc) is 2.30. The molecule has 16 heavy (non-hydrogen) atoms. The van der Waals surface area contributed by atoms with Gasteiger partial charge in [0.25, 0.3) is 5.91 Å². The van der Waals surface area contributed by atoms with Crippen LogP contribution in [0.4, 0.5) is 0 Å². The molecule has 88 valence electrons. The largest absolute Gasteiger partial charge is 0.383 e. The lowest BCUT2D eigenvalue weighted by molar-refractivity contribution is 0.0705. The first-order chi connectivity index (χ1) is 7.70. The highest BCUT2D eigenvalue weighted by Gasteiger charge is 2.16. The van der Waals surface area contributed by atoms with Gasteiger partial charge in [-0.05, 0) is 35.0 Å². The number of ether oxygens (including phenoxy) is 1. The van der Waals surface area contributed by atoms with Gasteiger partial charge in [0.15, 0.2) is 0 Å². The minimum absolute atomic E-state index is 0.0282. The number of carbonyl (C=O) groups is 1. The first-order valence-corrected chi connectivity index (χ1v) is 5.88. The van der Waals surface area contributed by atoms with Crippen molar-refractivity contribution in [1.29, 1.82) is 0 Å². The lowest BCUT2D eigenvalue weighted by atomic mass is 10.2. The molecule has 4 nitrogen and oxygen atoms in total. The molecule has 0 bridgehead atoms. The number of rotatable bonds is 5. The van der Waals surface area contributed by atoms with Crippen LogP contribution in [0.25, 0.3) is 0 Å². The molecule has 0 unspecified atom stereocenters. The smallest absolute Gasteiger partial charge is 0.256 e. The van der Waals surface area contributed by atoms with Crippen LogP contribution < -0.4 is 0 Å². The summed E-state index contributed by atoms with van der Waals surface area (Å²) in [7, 11) is 1.62. The minimum Gasteiger partial charge on any atom is -0.383 e. The Balaban J connectivity index is 2.79. The van der Waals surface area contributed by atoms with Crippen molar-refractivity contribution in [2.45, 2.75) is 6.92 Å². The zero-order valence-electron chi connectivity index (χ0n) is 9.44. The number of halogens is 1. The Hall–Kier alpha value is -0.940. The van der Waals surface area contributed by atoms with Gasteiger partial charge < -0.3 is 9.64 Å². The van der Waals surface area contributed by atoms with Crippen molar-refractivity contribution < 1.29 is 9.53 Å². The Labute approximate surface area is 104 Å². The SMILES string of the molecule is CCN(CCOC)C(=O)c1cccnc1Br. The van der Waals surface area contributed by atoms with Crippen molar-refractivity contribution >= 4 is 21.8 Å². The highest BCUT2D eigenvalue weighted by molar-refractivity contribution is 9.10. The summed E-state index contributed by atoms with van der Waals surface area (Å²) in [5.74, 6) is -0.0282. The first-order valence-electron chi connectivity index (χ1n) is 5.09. The Kier molecular flexibility index (Phi) is 5.42. The topological polar surface area (TPSA) is 42.4 Å². The molecule has 0 N–H and O–H groups in total. The van der Waals surface area contributed by atoms with Crippen LogP contribution in [0.2, 0.25) is 0 Å². The molecule has 0 aliphatic rings. The molecule has 1 aromatic heterocycles. The summed E-state index contributed by atoms with van der Waals surface area (Å²) in [6.45, 7) is 3.73. The third-order valence-corrected chi connectivity index (χ3v) is 2.86. The second-order valence-corrected chi connectivity index (χ2v) is 3.97. The maximum atomic E-state index is 12.1. The molecule has 0 fully saturated rings. The van der Waals surface area contributed by atoms with Gasteiger partial charge in [-0.1, -0.05) is 0 Å². The van der Waals surface area contributed by atoms with E-state index in [1.54, 1.807) is 30.3 Å². The molecular formula is C11H15BrN2O2. The van der Waals surface area contributed by atoms with Crippen molar-refractivity contribution in [2.75, 3.05) is 26.8 Å². The average molecular weight is 287 g/mol. The lowest BCUT2D eigenvalue weighted by Crippen LogP contribution is -2.34. The molecule has 0 aliphatic heterocycles. The van der Waals surface area contributed by atoms with E-state index in [4.69, 9.17) is 4.74 Å². The van der Waals surface area contributed by atoms with Crippen molar-refractivity contribution in [2.24, 2.45) is 0 Å². The Morgan fingerprint density at radius 3 is 2.94 bits per heavy atom. The second-order valence-electron chi connectivity index (χ2n) is 3.22. The van der Waals surface area contributed by atoms with E-state index < -0.39 is 0 Å². The van der Waals surface area contributed by atoms with Gasteiger partial charge in [0.1, 0.15) is 4.60 Å². The number of nitrogens with zero attached hydrogens (tertiary/aromatic N) is 2. The second kappa shape index (κ2) is 6.60. The fourth-order valence-corrected chi connectivity index (χ4v) is 1.74. The summed E-state index contributed by atoms with van der Waals surface area (Å²) in [5.41, 5.74) is 0.584. The molecule has 5 heteroatoms. The van der Waals surface area contributed by atoms with Gasteiger partial charge in [0.2, 0.25) is 0 Å².